The fourth-order valence-corrected chi connectivity index (χ4v) is 13.0. The van der Waals surface area contributed by atoms with Gasteiger partial charge in [0.2, 0.25) is 0 Å². The minimum Gasteiger partial charge on any atom is -0.493 e. The van der Waals surface area contributed by atoms with Crippen LogP contribution in [0, 0.1) is 70.8 Å². The van der Waals surface area contributed by atoms with Crippen molar-refractivity contribution < 1.29 is 193 Å². The number of hydrogen-bond acceptors (Lipinski definition) is 24. The molecule has 8 aliphatic rings. The third kappa shape index (κ3) is 23.8. The van der Waals surface area contributed by atoms with E-state index in [4.69, 9.17) is 187 Å². The van der Waals surface area contributed by atoms with Crippen LogP contribution in [0.1, 0.15) is 346 Å². The Bertz CT molecular complexity index is 7690. The molecule has 0 amide bonds. The van der Waals surface area contributed by atoms with Crippen LogP contribution in [-0.4, -0.2) is 201 Å². The van der Waals surface area contributed by atoms with E-state index in [9.17, 15) is 28.8 Å². The van der Waals surface area contributed by atoms with Gasteiger partial charge in [0, 0.05) is 219 Å². The first-order valence-corrected chi connectivity index (χ1v) is 35.7. The standard InChI is InChI=1S/4C24H38N2O4/c4*1-14(2)9-17-13-26-8-7-16-10-21(28-5)22(29-6)11-18(16)19(26)12-20(17)30-24(27)23(25)15(3)4/h4*10-11,14-15,17,19-20,23H,7-9,12-13,25H2,1-6H3/t4*17?,19?,20?,23-/m0000/s1/i1D3,3D3,4D3,5D3,7D2,8D2,9D2,14D,15D,19D,20D,23D;2*1D3,3D3,4D3,7D2,8D2,9D2,14D,15D,19D,20D,23D;1D3,3D3,4D3,5D3,7D2,8D2,9D2,14D,15D,19D,23D/t4*14?,17?,19?,20?,23-. The zero-order valence-electron chi connectivity index (χ0n) is 151. The van der Waals surface area contributed by atoms with Crippen molar-refractivity contribution in [2.45, 2.75) is 259 Å². The van der Waals surface area contributed by atoms with Crippen LogP contribution in [0.2, 0.25) is 0 Å². The van der Waals surface area contributed by atoms with Crippen molar-refractivity contribution in [3.63, 3.8) is 0 Å². The number of ether oxygens (including phenoxy) is 12. The van der Waals surface area contributed by atoms with Crippen LogP contribution in [0.15, 0.2) is 48.5 Å². The number of rotatable bonds is 28. The maximum atomic E-state index is 13.8. The van der Waals surface area contributed by atoms with E-state index in [0.717, 1.165) is 56.7 Å². The number of hydrogen-bond donors (Lipinski definition) is 4. The average Bonchev–Trinajstić information content (AvgIpc) is 0.674. The van der Waals surface area contributed by atoms with Gasteiger partial charge >= 0.3 is 23.9 Å². The van der Waals surface area contributed by atoms with Crippen LogP contribution in [0.4, 0.5) is 0 Å². The Labute approximate surface area is 838 Å². The van der Waals surface area contributed by atoms with Gasteiger partial charge in [0.1, 0.15) is 48.4 Å². The van der Waals surface area contributed by atoms with E-state index in [2.05, 4.69) is 0 Å². The molecule has 24 nitrogen and oxygen atoms in total. The molecular formula is C96H152N8O16. The molecule has 120 heavy (non-hydrogen) atoms. The highest BCUT2D eigenvalue weighted by molar-refractivity contribution is 5.77. The highest BCUT2D eigenvalue weighted by Gasteiger charge is 2.47. The van der Waals surface area contributed by atoms with Crippen molar-refractivity contribution in [3.05, 3.63) is 93.0 Å². The smallest absolute Gasteiger partial charge is 0.323 e. The Hall–Kier alpha value is -7.16. The number of carbonyl (C=O) groups is 4. The van der Waals surface area contributed by atoms with Crippen molar-refractivity contribution >= 4 is 23.9 Å². The molecule has 24 heteroatoms. The lowest BCUT2D eigenvalue weighted by molar-refractivity contribution is -0.161. The third-order valence-corrected chi connectivity index (χ3v) is 18.7. The van der Waals surface area contributed by atoms with E-state index in [-0.39, 0.29) is 23.0 Å². The summed E-state index contributed by atoms with van der Waals surface area (Å²) in [5.41, 5.74) is 18.3. The maximum Gasteiger partial charge on any atom is 0.323 e. The summed E-state index contributed by atoms with van der Waals surface area (Å²) in [5.74, 6) is -51.3. The third-order valence-electron chi connectivity index (χ3n) is 18.7. The van der Waals surface area contributed by atoms with Crippen molar-refractivity contribution in [3.8, 4) is 46.0 Å². The Morgan fingerprint density at radius 3 is 0.850 bits per heavy atom. The second kappa shape index (κ2) is 43.9. The summed E-state index contributed by atoms with van der Waals surface area (Å²) in [7, 11) is 0.528. The second-order valence-corrected chi connectivity index (χ2v) is 26.7. The van der Waals surface area contributed by atoms with Gasteiger partial charge in [-0.05, 0) is 191 Å². The SMILES string of the molecule is [2H]C([2H])([2H])Oc1cc2c(cc1OC)C1([2H])CC(OC(=O)[C@@]([2H])(N)C([2H])(C([2H])([2H])[2H])C([2H])([2H])[2H])C(C([2H])([2H])C([2H])(C)C([2H])([2H])[2H])CN1C([2H])([2H])C2([2H])[2H].[2H]C([2H])([2H])Oc1cc2c(cc1OC)C1([2H])CC([2H])(OC(=O)[C@@]([2H])(N)C([2H])(C([2H])([2H])[2H])C([2H])([2H])[2H])C(C([2H])([2H])C([2H])(C)C([2H])([2H])[2H])CN1C([2H])([2H])C2([2H])[2H].[2H]C1(OC(=O)[C@@]([2H])(N)C([2H])(C([2H])([2H])[2H])C([2H])([2H])[2H])CC2([2H])c3cc(OC)c(OC)cc3C([2H])([2H])C([2H])([2H])N2CC1C([2H])([2H])C([2H])(C)C([2H])([2H])[2H].[2H]C1(OC(=O)[C@@]([2H])(N)C([2H])(C([2H])([2H])[2H])C([2H])([2H])[2H])CC2([2H])c3cc(OC)c(OC)cc3C([2H])([2H])C([2H])([2H])N2CC1C([2H])([2H])C([2H])(C)C([2H])([2H])[2H]. The largest absolute Gasteiger partial charge is 0.493 e. The molecular weight excluding hydrogens is 1520 g/mol. The normalized spacial score (nSPS) is 48.3. The number of nitrogens with zero attached hydrogens (tertiary/aromatic N) is 4. The van der Waals surface area contributed by atoms with E-state index in [1.54, 1.807) is 0 Å². The lowest BCUT2D eigenvalue weighted by Gasteiger charge is -2.47. The first kappa shape index (κ1) is 33.3. The van der Waals surface area contributed by atoms with E-state index in [1.165, 1.54) is 28.4 Å². The number of aryl methyl sites for hydroxylation is 4. The van der Waals surface area contributed by atoms with Gasteiger partial charge in [-0.25, -0.2) is 0 Å². The molecule has 4 saturated heterocycles. The van der Waals surface area contributed by atoms with E-state index >= 15 is 0 Å². The Kier molecular flexibility index (Phi) is 12.2. The van der Waals surface area contributed by atoms with Crippen LogP contribution in [0.25, 0.3) is 0 Å². The lowest BCUT2D eigenvalue weighted by atomic mass is 9.79. The van der Waals surface area contributed by atoms with Gasteiger partial charge in [0.25, 0.3) is 0 Å². The molecule has 16 unspecified atom stereocenters. The van der Waals surface area contributed by atoms with Gasteiger partial charge in [-0.15, -0.1) is 0 Å². The minimum absolute atomic E-state index is 0.109. The van der Waals surface area contributed by atoms with Crippen LogP contribution in [0.3, 0.4) is 0 Å². The Morgan fingerprint density at radius 1 is 0.367 bits per heavy atom. The summed E-state index contributed by atoms with van der Waals surface area (Å²) in [6.45, 7) is -62.1. The van der Waals surface area contributed by atoms with Gasteiger partial charge < -0.3 is 79.8 Å². The predicted molar refractivity (Wildman–Crippen MR) is 471 cm³/mol. The minimum atomic E-state index is -4.20. The molecule has 0 aliphatic carbocycles. The number of piperidine rings is 4. The molecule has 12 rings (SSSR count). The molecule has 20 atom stereocenters. The Morgan fingerprint density at radius 2 is 0.600 bits per heavy atom. The van der Waals surface area contributed by atoms with Crippen LogP contribution in [-0.2, 0) is 63.6 Å². The molecule has 8 N–H and O–H groups in total. The van der Waals surface area contributed by atoms with Gasteiger partial charge in [0.15, 0.2) is 46.0 Å². The number of esters is 4. The zero-order valence-corrected chi connectivity index (χ0v) is 66.3. The highest BCUT2D eigenvalue weighted by Crippen LogP contribution is 2.50. The molecule has 8 heterocycles. The fraction of sp³-hybridized carbons (Fsp3) is 0.708. The number of benzene rings is 4. The van der Waals surface area contributed by atoms with E-state index in [1.807, 2.05) is 0 Å². The van der Waals surface area contributed by atoms with Crippen LogP contribution >= 0.6 is 0 Å². The summed E-state index contributed by atoms with van der Waals surface area (Å²) in [4.78, 5) is 56.6. The van der Waals surface area contributed by atoms with Gasteiger partial charge in [0.05, 0.1) is 80.0 Å². The quantitative estimate of drug-likeness (QED) is 0.0303. The predicted octanol–water partition coefficient (Wildman–Crippen LogP) is 14.3. The van der Waals surface area contributed by atoms with Crippen molar-refractivity contribution in [2.24, 2.45) is 93.8 Å². The Balaban J connectivity index is 0.000000295. The topological polar surface area (TPSA) is 296 Å². The molecule has 0 saturated carbocycles. The summed E-state index contributed by atoms with van der Waals surface area (Å²) in [5, 5.41) is 0. The molecule has 8 aliphatic heterocycles. The average molecular weight is 1760 g/mol. The van der Waals surface area contributed by atoms with E-state index in [0.29, 0.717) is 53.4 Å². The number of nitrogens with two attached hydrogens (primary N) is 4. The first-order chi connectivity index (χ1) is 89.6. The molecule has 672 valence electrons. The molecule has 4 fully saturated rings. The summed E-state index contributed by atoms with van der Waals surface area (Å²) < 4.78 is 766. The van der Waals surface area contributed by atoms with Crippen molar-refractivity contribution in [1.29, 1.82) is 0 Å². The maximum absolute atomic E-state index is 13.8. The molecule has 0 spiro atoms. The van der Waals surface area contributed by atoms with Gasteiger partial charge in [-0.3, -0.25) is 38.8 Å². The molecule has 4 aromatic rings. The fourth-order valence-electron chi connectivity index (χ4n) is 13.0. The van der Waals surface area contributed by atoms with Crippen LogP contribution in [0.5, 0.6) is 46.0 Å². The second-order valence-electron chi connectivity index (χ2n) is 26.7. The monoisotopic (exact) mass is 1760 g/mol. The lowest BCUT2D eigenvalue weighted by Crippen LogP contribution is -2.51. The molecule has 0 aromatic heterocycles. The van der Waals surface area contributed by atoms with Crippen molar-refractivity contribution in [1.82, 2.24) is 19.6 Å². The summed E-state index contributed by atoms with van der Waals surface area (Å²) in [6.07, 6.45) is -44.8. The van der Waals surface area contributed by atoms with Crippen LogP contribution < -0.4 is 60.8 Å². The number of carbonyl (C=O) groups excluding carboxylic acids is 4. The van der Waals surface area contributed by atoms with Crippen molar-refractivity contribution in [2.75, 3.05) is 109 Å². The molecule has 0 bridgehead atoms. The first-order valence-electron chi connectivity index (χ1n) is 78.2. The zero-order chi connectivity index (χ0) is 162. The number of fused-ring (bicyclic) bond motifs is 12. The summed E-state index contributed by atoms with van der Waals surface area (Å²) in [6, 6.07) is -20.0. The highest BCUT2D eigenvalue weighted by atomic mass is 16.6. The molecule has 0 radical (unpaired) electrons. The van der Waals surface area contributed by atoms with Gasteiger partial charge in [-0.1, -0.05) is 110 Å². The van der Waals surface area contributed by atoms with E-state index < -0.39 is 460 Å². The van der Waals surface area contributed by atoms with Gasteiger partial charge in [-0.2, -0.15) is 0 Å². The number of methoxy groups -OCH3 is 8. The molecule has 4 aromatic carbocycles. The summed E-state index contributed by atoms with van der Waals surface area (Å²) >= 11 is 0.